The molecule has 1 aliphatic carbocycles. The maximum atomic E-state index is 12.3. The molecular formula is C15H19N3O. The lowest BCUT2D eigenvalue weighted by atomic mass is 9.76. The quantitative estimate of drug-likeness (QED) is 0.788. The molecule has 0 aromatic carbocycles. The van der Waals surface area contributed by atoms with Crippen LogP contribution in [0.3, 0.4) is 0 Å². The van der Waals surface area contributed by atoms with E-state index in [2.05, 4.69) is 23.5 Å². The number of fused-ring (bicyclic) bond motifs is 1. The summed E-state index contributed by atoms with van der Waals surface area (Å²) in [5.74, 6) is 0.261. The summed E-state index contributed by atoms with van der Waals surface area (Å²) in [5.41, 5.74) is 4.19. The number of carbonyl (C=O) groups excluding carboxylic acids is 1. The Morgan fingerprint density at radius 3 is 2.68 bits per heavy atom. The molecule has 2 aromatic rings. The molecule has 4 nitrogen and oxygen atoms in total. The molecule has 0 atom stereocenters. The zero-order valence-electron chi connectivity index (χ0n) is 11.9. The van der Waals surface area contributed by atoms with Gasteiger partial charge in [0, 0.05) is 36.6 Å². The van der Waals surface area contributed by atoms with Crippen LogP contribution in [0.1, 0.15) is 42.0 Å². The van der Waals surface area contributed by atoms with E-state index in [4.69, 9.17) is 0 Å². The predicted molar refractivity (Wildman–Crippen MR) is 73.7 cm³/mol. The highest BCUT2D eigenvalue weighted by Crippen LogP contribution is 2.37. The Morgan fingerprint density at radius 1 is 1.32 bits per heavy atom. The summed E-state index contributed by atoms with van der Waals surface area (Å²) in [4.78, 5) is 12.3. The molecule has 0 fully saturated rings. The number of rotatable bonds is 1. The molecule has 0 bridgehead atoms. The van der Waals surface area contributed by atoms with E-state index in [0.29, 0.717) is 6.42 Å². The maximum absolute atomic E-state index is 12.3. The van der Waals surface area contributed by atoms with E-state index < -0.39 is 0 Å². The fourth-order valence-electron chi connectivity index (χ4n) is 3.03. The van der Waals surface area contributed by atoms with Crippen molar-refractivity contribution >= 4 is 5.78 Å². The van der Waals surface area contributed by atoms with Gasteiger partial charge in [-0.15, -0.1) is 0 Å². The SMILES string of the molecule is Cc1cc2c(n1-c1cnn(C)c1)CC(C)(C)CC2=O. The van der Waals surface area contributed by atoms with Gasteiger partial charge in [-0.05, 0) is 24.8 Å². The first-order valence-corrected chi connectivity index (χ1v) is 6.61. The van der Waals surface area contributed by atoms with Gasteiger partial charge in [0.1, 0.15) is 0 Å². The Balaban J connectivity index is 2.20. The smallest absolute Gasteiger partial charge is 0.165 e. The van der Waals surface area contributed by atoms with Crippen LogP contribution < -0.4 is 0 Å². The minimum atomic E-state index is 0.0365. The van der Waals surface area contributed by atoms with Gasteiger partial charge in [0.05, 0.1) is 11.9 Å². The van der Waals surface area contributed by atoms with E-state index >= 15 is 0 Å². The summed E-state index contributed by atoms with van der Waals surface area (Å²) < 4.78 is 3.96. The zero-order valence-corrected chi connectivity index (χ0v) is 11.9. The van der Waals surface area contributed by atoms with Gasteiger partial charge in [-0.1, -0.05) is 13.8 Å². The fraction of sp³-hybridized carbons (Fsp3) is 0.467. The number of hydrogen-bond acceptors (Lipinski definition) is 2. The molecular weight excluding hydrogens is 238 g/mol. The molecule has 0 unspecified atom stereocenters. The molecule has 19 heavy (non-hydrogen) atoms. The third kappa shape index (κ3) is 1.91. The standard InChI is InChI=1S/C15H19N3O/c1-10-5-12-13(6-15(2,3)7-14(12)19)18(10)11-8-16-17(4)9-11/h5,8-9H,6-7H2,1-4H3. The number of nitrogens with zero attached hydrogens (tertiary/aromatic N) is 3. The van der Waals surface area contributed by atoms with E-state index in [9.17, 15) is 4.79 Å². The van der Waals surface area contributed by atoms with Crippen LogP contribution in [0.5, 0.6) is 0 Å². The lowest BCUT2D eigenvalue weighted by Crippen LogP contribution is -2.27. The predicted octanol–water partition coefficient (Wildman–Crippen LogP) is 2.67. The Labute approximate surface area is 113 Å². The first-order valence-electron chi connectivity index (χ1n) is 6.61. The van der Waals surface area contributed by atoms with E-state index in [-0.39, 0.29) is 11.2 Å². The van der Waals surface area contributed by atoms with E-state index in [1.165, 1.54) is 0 Å². The lowest BCUT2D eigenvalue weighted by molar-refractivity contribution is 0.0911. The molecule has 1 aliphatic rings. The van der Waals surface area contributed by atoms with Gasteiger partial charge in [0.15, 0.2) is 5.78 Å². The number of aryl methyl sites for hydroxylation is 2. The first kappa shape index (κ1) is 12.2. The van der Waals surface area contributed by atoms with Crippen LogP contribution in [-0.4, -0.2) is 20.1 Å². The van der Waals surface area contributed by atoms with Crippen LogP contribution in [-0.2, 0) is 13.5 Å². The summed E-state index contributed by atoms with van der Waals surface area (Å²) in [6, 6.07) is 2.01. The van der Waals surface area contributed by atoms with Crippen molar-refractivity contribution in [2.24, 2.45) is 12.5 Å². The summed E-state index contributed by atoms with van der Waals surface area (Å²) >= 11 is 0. The van der Waals surface area contributed by atoms with E-state index in [1.54, 1.807) is 4.68 Å². The molecule has 4 heteroatoms. The highest BCUT2D eigenvalue weighted by Gasteiger charge is 2.34. The Hall–Kier alpha value is -1.84. The Kier molecular flexibility index (Phi) is 2.46. The second-order valence-corrected chi connectivity index (χ2v) is 6.29. The Bertz CT molecular complexity index is 661. The average Bonchev–Trinajstić information content (AvgIpc) is 2.81. The number of Topliss-reactive ketones (excluding diaryl/α,β-unsaturated/α-hetero) is 1. The molecule has 3 rings (SSSR count). The first-order chi connectivity index (χ1) is 8.87. The average molecular weight is 257 g/mol. The molecule has 0 saturated carbocycles. The molecule has 0 N–H and O–H groups in total. The van der Waals surface area contributed by atoms with Gasteiger partial charge in [0.25, 0.3) is 0 Å². The van der Waals surface area contributed by atoms with Crippen LogP contribution in [0.15, 0.2) is 18.5 Å². The highest BCUT2D eigenvalue weighted by molar-refractivity contribution is 5.99. The van der Waals surface area contributed by atoms with Crippen molar-refractivity contribution < 1.29 is 4.79 Å². The van der Waals surface area contributed by atoms with Gasteiger partial charge in [-0.25, -0.2) is 0 Å². The van der Waals surface area contributed by atoms with Crippen LogP contribution in [0.25, 0.3) is 5.69 Å². The van der Waals surface area contributed by atoms with Crippen molar-refractivity contribution in [2.75, 3.05) is 0 Å². The van der Waals surface area contributed by atoms with Crippen molar-refractivity contribution in [1.29, 1.82) is 0 Å². The van der Waals surface area contributed by atoms with Crippen LogP contribution in [0.4, 0.5) is 0 Å². The molecule has 0 saturated heterocycles. The third-order valence-electron chi connectivity index (χ3n) is 3.82. The lowest BCUT2D eigenvalue weighted by Gasteiger charge is -2.29. The number of ketones is 1. The molecule has 2 aromatic heterocycles. The summed E-state index contributed by atoms with van der Waals surface area (Å²) in [5, 5.41) is 4.23. The van der Waals surface area contributed by atoms with Gasteiger partial charge < -0.3 is 4.57 Å². The summed E-state index contributed by atoms with van der Waals surface area (Å²) in [6.07, 6.45) is 5.39. The van der Waals surface area contributed by atoms with Gasteiger partial charge in [0.2, 0.25) is 0 Å². The monoisotopic (exact) mass is 257 g/mol. The molecule has 2 heterocycles. The minimum absolute atomic E-state index is 0.0365. The van der Waals surface area contributed by atoms with Crippen molar-refractivity contribution in [3.8, 4) is 5.69 Å². The fourth-order valence-corrected chi connectivity index (χ4v) is 3.03. The summed E-state index contributed by atoms with van der Waals surface area (Å²) in [6.45, 7) is 6.36. The molecule has 0 amide bonds. The van der Waals surface area contributed by atoms with Gasteiger partial charge in [-0.2, -0.15) is 5.10 Å². The maximum Gasteiger partial charge on any atom is 0.165 e. The number of carbonyl (C=O) groups is 1. The second kappa shape index (κ2) is 3.83. The molecule has 100 valence electrons. The van der Waals surface area contributed by atoms with Gasteiger partial charge in [-0.3, -0.25) is 9.48 Å². The molecule has 0 aliphatic heterocycles. The number of hydrogen-bond donors (Lipinski definition) is 0. The van der Waals surface area contributed by atoms with Crippen molar-refractivity contribution in [1.82, 2.24) is 14.3 Å². The molecule has 0 radical (unpaired) electrons. The highest BCUT2D eigenvalue weighted by atomic mass is 16.1. The largest absolute Gasteiger partial charge is 0.315 e. The van der Waals surface area contributed by atoms with Crippen molar-refractivity contribution in [3.05, 3.63) is 35.4 Å². The topological polar surface area (TPSA) is 39.8 Å². The van der Waals surface area contributed by atoms with Gasteiger partial charge >= 0.3 is 0 Å². The second-order valence-electron chi connectivity index (χ2n) is 6.29. The Morgan fingerprint density at radius 2 is 2.05 bits per heavy atom. The van der Waals surface area contributed by atoms with Crippen molar-refractivity contribution in [3.63, 3.8) is 0 Å². The normalized spacial score (nSPS) is 17.6. The molecule has 0 spiro atoms. The van der Waals surface area contributed by atoms with E-state index in [1.807, 2.05) is 32.4 Å². The van der Waals surface area contributed by atoms with Crippen LogP contribution >= 0.6 is 0 Å². The minimum Gasteiger partial charge on any atom is -0.315 e. The third-order valence-corrected chi connectivity index (χ3v) is 3.82. The number of aromatic nitrogens is 3. The van der Waals surface area contributed by atoms with Crippen LogP contribution in [0, 0.1) is 12.3 Å². The zero-order chi connectivity index (χ0) is 13.8. The van der Waals surface area contributed by atoms with Crippen LogP contribution in [0.2, 0.25) is 0 Å². The van der Waals surface area contributed by atoms with E-state index in [0.717, 1.165) is 29.1 Å². The summed E-state index contributed by atoms with van der Waals surface area (Å²) in [7, 11) is 1.91. The van der Waals surface area contributed by atoms with Crippen molar-refractivity contribution in [2.45, 2.75) is 33.6 Å².